The van der Waals surface area contributed by atoms with Gasteiger partial charge in [-0.1, -0.05) is 43.7 Å². The molecule has 0 bridgehead atoms. The van der Waals surface area contributed by atoms with Crippen LogP contribution in [0.25, 0.3) is 5.57 Å². The van der Waals surface area contributed by atoms with Gasteiger partial charge in [0.1, 0.15) is 0 Å². The molecule has 0 saturated carbocycles. The number of rotatable bonds is 2. The highest BCUT2D eigenvalue weighted by Gasteiger charge is 2.10. The summed E-state index contributed by atoms with van der Waals surface area (Å²) in [7, 11) is 0. The van der Waals surface area contributed by atoms with Crippen LogP contribution in [-0.2, 0) is 0 Å². The van der Waals surface area contributed by atoms with Gasteiger partial charge in [0.2, 0.25) is 0 Å². The number of benzene rings is 1. The Morgan fingerprint density at radius 1 is 1.31 bits per heavy atom. The monoisotopic (exact) mass is 170 g/mol. The van der Waals surface area contributed by atoms with E-state index in [9.17, 15) is 0 Å². The lowest BCUT2D eigenvalue weighted by atomic mass is 9.89. The summed E-state index contributed by atoms with van der Waals surface area (Å²) in [5, 5.41) is 0. The third kappa shape index (κ3) is 1.67. The van der Waals surface area contributed by atoms with Crippen LogP contribution in [0.5, 0.6) is 0 Å². The second kappa shape index (κ2) is 3.78. The van der Waals surface area contributed by atoms with Crippen LogP contribution in [0, 0.1) is 6.42 Å². The predicted octanol–water partition coefficient (Wildman–Crippen LogP) is 3.70. The summed E-state index contributed by atoms with van der Waals surface area (Å²) < 4.78 is 0. The van der Waals surface area contributed by atoms with E-state index in [1.807, 2.05) is 0 Å². The maximum Gasteiger partial charge on any atom is 0.0212 e. The molecule has 0 heterocycles. The minimum Gasteiger partial charge on any atom is -0.0798 e. The van der Waals surface area contributed by atoms with Crippen LogP contribution in [-0.4, -0.2) is 0 Å². The number of hydrogen-bond donors (Lipinski definition) is 0. The highest BCUT2D eigenvalue weighted by Crippen LogP contribution is 2.29. The Bertz CT molecular complexity index is 321. The maximum absolute atomic E-state index is 3.37. The molecule has 2 rings (SSSR count). The van der Waals surface area contributed by atoms with Gasteiger partial charge in [-0.15, -0.1) is 0 Å². The molecule has 0 fully saturated rings. The molecule has 0 spiro atoms. The van der Waals surface area contributed by atoms with Crippen molar-refractivity contribution < 1.29 is 0 Å². The molecule has 1 aromatic carbocycles. The van der Waals surface area contributed by atoms with Crippen molar-refractivity contribution in [3.63, 3.8) is 0 Å². The zero-order valence-corrected chi connectivity index (χ0v) is 8.01. The van der Waals surface area contributed by atoms with Crippen LogP contribution >= 0.6 is 0 Å². The lowest BCUT2D eigenvalue weighted by Crippen LogP contribution is -1.97. The Morgan fingerprint density at radius 3 is 3.00 bits per heavy atom. The van der Waals surface area contributed by atoms with Gasteiger partial charge in [-0.25, -0.2) is 0 Å². The van der Waals surface area contributed by atoms with Crippen LogP contribution in [0.4, 0.5) is 0 Å². The molecular formula is C13H14. The van der Waals surface area contributed by atoms with Crippen LogP contribution < -0.4 is 0 Å². The lowest BCUT2D eigenvalue weighted by Gasteiger charge is -2.16. The van der Waals surface area contributed by atoms with E-state index in [2.05, 4.69) is 43.7 Å². The molecule has 0 saturated heterocycles. The maximum atomic E-state index is 3.37. The SMILES string of the molecule is CCCC1=CC[C]c2ccccc21. The van der Waals surface area contributed by atoms with Gasteiger partial charge in [0.25, 0.3) is 0 Å². The minimum absolute atomic E-state index is 0.979. The summed E-state index contributed by atoms with van der Waals surface area (Å²) in [5.41, 5.74) is 4.17. The first kappa shape index (κ1) is 8.55. The molecule has 13 heavy (non-hydrogen) atoms. The fourth-order valence-electron chi connectivity index (χ4n) is 1.82. The molecule has 0 nitrogen and oxygen atoms in total. The Kier molecular flexibility index (Phi) is 2.49. The molecular weight excluding hydrogens is 156 g/mol. The van der Waals surface area contributed by atoms with E-state index >= 15 is 0 Å². The summed E-state index contributed by atoms with van der Waals surface area (Å²) in [6, 6.07) is 8.54. The smallest absolute Gasteiger partial charge is 0.0212 e. The van der Waals surface area contributed by atoms with E-state index in [1.54, 1.807) is 0 Å². The zero-order chi connectivity index (χ0) is 9.10. The summed E-state index contributed by atoms with van der Waals surface area (Å²) in [6.45, 7) is 2.23. The molecule has 0 N–H and O–H groups in total. The van der Waals surface area contributed by atoms with Crippen molar-refractivity contribution in [3.05, 3.63) is 47.9 Å². The van der Waals surface area contributed by atoms with Crippen LogP contribution in [0.15, 0.2) is 30.3 Å². The lowest BCUT2D eigenvalue weighted by molar-refractivity contribution is 0.961. The standard InChI is InChI=1S/C13H14/c1-2-6-11-8-5-9-12-7-3-4-10-13(11)12/h3-4,7-8,10H,2,5-6H2,1H3. The van der Waals surface area contributed by atoms with Gasteiger partial charge < -0.3 is 0 Å². The first-order valence-electron chi connectivity index (χ1n) is 4.94. The fraction of sp³-hybridized carbons (Fsp3) is 0.308. The molecule has 0 aromatic heterocycles. The first-order chi connectivity index (χ1) is 6.42. The van der Waals surface area contributed by atoms with Crippen molar-refractivity contribution in [3.8, 4) is 0 Å². The molecule has 1 aromatic rings. The quantitative estimate of drug-likeness (QED) is 0.634. The number of fused-ring (bicyclic) bond motifs is 1. The predicted molar refractivity (Wildman–Crippen MR) is 56.3 cm³/mol. The zero-order valence-electron chi connectivity index (χ0n) is 8.01. The minimum atomic E-state index is 0.979. The second-order valence-electron chi connectivity index (χ2n) is 3.41. The average molecular weight is 170 g/mol. The van der Waals surface area contributed by atoms with Crippen molar-refractivity contribution in [2.24, 2.45) is 0 Å². The summed E-state index contributed by atoms with van der Waals surface area (Å²) in [6.07, 6.45) is 9.07. The van der Waals surface area contributed by atoms with Crippen LogP contribution in [0.1, 0.15) is 37.3 Å². The van der Waals surface area contributed by atoms with Gasteiger partial charge in [0.15, 0.2) is 0 Å². The molecule has 2 radical (unpaired) electrons. The summed E-state index contributed by atoms with van der Waals surface area (Å²) in [5.74, 6) is 0. The van der Waals surface area contributed by atoms with Gasteiger partial charge in [-0.05, 0) is 29.5 Å². The molecule has 66 valence electrons. The van der Waals surface area contributed by atoms with Crippen molar-refractivity contribution in [2.75, 3.05) is 0 Å². The Morgan fingerprint density at radius 2 is 2.15 bits per heavy atom. The summed E-state index contributed by atoms with van der Waals surface area (Å²) >= 11 is 0. The highest BCUT2D eigenvalue weighted by atomic mass is 14.1. The van der Waals surface area contributed by atoms with Crippen molar-refractivity contribution in [2.45, 2.75) is 26.2 Å². The molecule has 0 aliphatic heterocycles. The molecule has 0 amide bonds. The largest absolute Gasteiger partial charge is 0.0798 e. The second-order valence-corrected chi connectivity index (χ2v) is 3.41. The number of hydrogen-bond acceptors (Lipinski definition) is 0. The van der Waals surface area contributed by atoms with Gasteiger partial charge in [-0.3, -0.25) is 0 Å². The fourth-order valence-corrected chi connectivity index (χ4v) is 1.82. The molecule has 1 aliphatic rings. The van der Waals surface area contributed by atoms with Gasteiger partial charge >= 0.3 is 0 Å². The van der Waals surface area contributed by atoms with E-state index in [0.29, 0.717) is 0 Å². The molecule has 1 aliphatic carbocycles. The normalized spacial score (nSPS) is 15.0. The Labute approximate surface area is 80.3 Å². The van der Waals surface area contributed by atoms with E-state index in [4.69, 9.17) is 0 Å². The Balaban J connectivity index is 2.36. The van der Waals surface area contributed by atoms with Crippen molar-refractivity contribution in [1.82, 2.24) is 0 Å². The third-order valence-electron chi connectivity index (χ3n) is 2.43. The van der Waals surface area contributed by atoms with E-state index in [1.165, 1.54) is 29.5 Å². The molecule has 0 unspecified atom stereocenters. The van der Waals surface area contributed by atoms with Crippen LogP contribution in [0.3, 0.4) is 0 Å². The average Bonchev–Trinajstić information content (AvgIpc) is 2.19. The van der Waals surface area contributed by atoms with E-state index < -0.39 is 0 Å². The highest BCUT2D eigenvalue weighted by molar-refractivity contribution is 5.71. The van der Waals surface area contributed by atoms with Gasteiger partial charge in [0, 0.05) is 6.42 Å². The van der Waals surface area contributed by atoms with Gasteiger partial charge in [0.05, 0.1) is 0 Å². The van der Waals surface area contributed by atoms with Crippen molar-refractivity contribution in [1.29, 1.82) is 0 Å². The summed E-state index contributed by atoms with van der Waals surface area (Å²) in [4.78, 5) is 0. The molecule has 0 heteroatoms. The van der Waals surface area contributed by atoms with E-state index in [0.717, 1.165) is 6.42 Å². The first-order valence-corrected chi connectivity index (χ1v) is 4.94. The van der Waals surface area contributed by atoms with E-state index in [-0.39, 0.29) is 0 Å². The van der Waals surface area contributed by atoms with Crippen molar-refractivity contribution >= 4 is 5.57 Å². The number of allylic oxidation sites excluding steroid dienone is 2. The molecule has 0 atom stereocenters. The van der Waals surface area contributed by atoms with Crippen LogP contribution in [0.2, 0.25) is 0 Å². The van der Waals surface area contributed by atoms with Gasteiger partial charge in [-0.2, -0.15) is 0 Å². The Hall–Kier alpha value is -1.04. The third-order valence-corrected chi connectivity index (χ3v) is 2.43. The topological polar surface area (TPSA) is 0 Å².